The molecule has 0 saturated carbocycles. The maximum Gasteiger partial charge on any atom is 0.304 e. The fourth-order valence-electron chi connectivity index (χ4n) is 2.94. The molecule has 0 amide bonds. The van der Waals surface area contributed by atoms with Crippen molar-refractivity contribution in [1.29, 1.82) is 0 Å². The average Bonchev–Trinajstić information content (AvgIpc) is 2.85. The predicted molar refractivity (Wildman–Crippen MR) is 84.9 cm³/mol. The van der Waals surface area contributed by atoms with Crippen LogP contribution in [0.15, 0.2) is 36.4 Å². The Bertz CT molecular complexity index is 669. The van der Waals surface area contributed by atoms with Crippen LogP contribution in [0.2, 0.25) is 0 Å². The minimum atomic E-state index is -0.775. The van der Waals surface area contributed by atoms with Crippen molar-refractivity contribution in [2.24, 2.45) is 0 Å². The molecule has 1 aromatic carbocycles. The molecule has 2 aromatic rings. The summed E-state index contributed by atoms with van der Waals surface area (Å²) in [5.74, 6) is -0.775. The smallest absolute Gasteiger partial charge is 0.304 e. The minimum absolute atomic E-state index is 0.146. The lowest BCUT2D eigenvalue weighted by molar-refractivity contribution is -0.137. The first-order valence-electron chi connectivity index (χ1n) is 7.87. The number of fused-ring (bicyclic) bond motifs is 1. The Kier molecular flexibility index (Phi) is 4.73. The Morgan fingerprint density at radius 1 is 1.26 bits per heavy atom. The Morgan fingerprint density at radius 3 is 2.78 bits per heavy atom. The molecule has 1 unspecified atom stereocenters. The van der Waals surface area contributed by atoms with Gasteiger partial charge in [-0.05, 0) is 18.1 Å². The van der Waals surface area contributed by atoms with Crippen molar-refractivity contribution >= 4 is 5.97 Å². The maximum atomic E-state index is 10.7. The van der Waals surface area contributed by atoms with Gasteiger partial charge in [0.25, 0.3) is 0 Å². The van der Waals surface area contributed by atoms with E-state index < -0.39 is 12.1 Å². The van der Waals surface area contributed by atoms with E-state index in [-0.39, 0.29) is 6.42 Å². The summed E-state index contributed by atoms with van der Waals surface area (Å²) >= 11 is 0. The second kappa shape index (κ2) is 6.93. The molecule has 1 atom stereocenters. The van der Waals surface area contributed by atoms with Crippen LogP contribution in [0.3, 0.4) is 0 Å². The highest BCUT2D eigenvalue weighted by molar-refractivity contribution is 5.66. The van der Waals surface area contributed by atoms with Crippen LogP contribution in [-0.4, -0.2) is 44.0 Å². The summed E-state index contributed by atoms with van der Waals surface area (Å²) in [6, 6.07) is 11.4. The zero-order valence-electron chi connectivity index (χ0n) is 12.9. The third kappa shape index (κ3) is 3.78. The summed E-state index contributed by atoms with van der Waals surface area (Å²) in [6.45, 7) is 2.87. The third-order valence-corrected chi connectivity index (χ3v) is 4.15. The second-order valence-electron chi connectivity index (χ2n) is 5.87. The van der Waals surface area contributed by atoms with Crippen LogP contribution < -0.4 is 0 Å². The molecular formula is C17H21N3O3. The van der Waals surface area contributed by atoms with Gasteiger partial charge in [0.1, 0.15) is 6.10 Å². The lowest BCUT2D eigenvalue weighted by Crippen LogP contribution is -2.26. The molecule has 0 saturated heterocycles. The van der Waals surface area contributed by atoms with Gasteiger partial charge in [-0.15, -0.1) is 0 Å². The number of aliphatic hydroxyl groups excluding tert-OH is 1. The van der Waals surface area contributed by atoms with Gasteiger partial charge in [0.15, 0.2) is 0 Å². The fraction of sp³-hybridized carbons (Fsp3) is 0.412. The van der Waals surface area contributed by atoms with Crippen molar-refractivity contribution in [1.82, 2.24) is 14.7 Å². The van der Waals surface area contributed by atoms with E-state index in [0.29, 0.717) is 18.8 Å². The molecule has 23 heavy (non-hydrogen) atoms. The summed E-state index contributed by atoms with van der Waals surface area (Å²) in [5, 5.41) is 23.9. The normalized spacial score (nSPS) is 16.6. The number of aliphatic carboxylic acids is 1. The van der Waals surface area contributed by atoms with Gasteiger partial charge >= 0.3 is 5.97 Å². The molecule has 1 aromatic heterocycles. The number of carboxylic acid groups (broad SMARTS) is 1. The molecule has 0 bridgehead atoms. The zero-order valence-corrected chi connectivity index (χ0v) is 12.9. The first kappa shape index (κ1) is 15.7. The van der Waals surface area contributed by atoms with E-state index in [2.05, 4.69) is 10.00 Å². The molecular weight excluding hydrogens is 294 g/mol. The number of aromatic nitrogens is 2. The summed E-state index contributed by atoms with van der Waals surface area (Å²) in [4.78, 5) is 12.9. The van der Waals surface area contributed by atoms with Crippen molar-refractivity contribution in [3.8, 4) is 0 Å². The fourth-order valence-corrected chi connectivity index (χ4v) is 2.94. The van der Waals surface area contributed by atoms with Gasteiger partial charge in [-0.25, -0.2) is 0 Å². The molecule has 2 heterocycles. The Labute approximate surface area is 135 Å². The molecule has 6 nitrogen and oxygen atoms in total. The van der Waals surface area contributed by atoms with Crippen molar-refractivity contribution in [2.45, 2.75) is 32.0 Å². The Hall–Kier alpha value is -2.18. The summed E-state index contributed by atoms with van der Waals surface area (Å²) < 4.78 is 1.93. The highest BCUT2D eigenvalue weighted by Gasteiger charge is 2.20. The van der Waals surface area contributed by atoms with Gasteiger partial charge in [0, 0.05) is 26.2 Å². The second-order valence-corrected chi connectivity index (χ2v) is 5.87. The largest absolute Gasteiger partial charge is 0.481 e. The van der Waals surface area contributed by atoms with E-state index >= 15 is 0 Å². The standard InChI is InChI=1S/C17H21N3O3/c21-16(22)7-10-19-8-4-9-20-14(12-19)11-15(18-20)17(23)13-5-2-1-3-6-13/h1-3,5-6,11,17,23H,4,7-10,12H2,(H,21,22). The molecule has 3 rings (SSSR count). The third-order valence-electron chi connectivity index (χ3n) is 4.15. The molecule has 0 fully saturated rings. The summed E-state index contributed by atoms with van der Waals surface area (Å²) in [7, 11) is 0. The quantitative estimate of drug-likeness (QED) is 0.877. The van der Waals surface area contributed by atoms with E-state index in [4.69, 9.17) is 5.11 Å². The number of hydrogen-bond donors (Lipinski definition) is 2. The van der Waals surface area contributed by atoms with E-state index in [9.17, 15) is 9.90 Å². The topological polar surface area (TPSA) is 78.6 Å². The number of nitrogens with zero attached hydrogens (tertiary/aromatic N) is 3. The van der Waals surface area contributed by atoms with Crippen LogP contribution in [0.5, 0.6) is 0 Å². The highest BCUT2D eigenvalue weighted by Crippen LogP contribution is 2.23. The van der Waals surface area contributed by atoms with Gasteiger partial charge in [-0.2, -0.15) is 5.10 Å². The number of aryl methyl sites for hydroxylation is 1. The number of rotatable bonds is 5. The average molecular weight is 315 g/mol. The van der Waals surface area contributed by atoms with Crippen molar-refractivity contribution in [3.63, 3.8) is 0 Å². The summed E-state index contributed by atoms with van der Waals surface area (Å²) in [6.07, 6.45) is 0.339. The maximum absolute atomic E-state index is 10.7. The lowest BCUT2D eigenvalue weighted by atomic mass is 10.1. The van der Waals surface area contributed by atoms with E-state index in [1.165, 1.54) is 0 Å². The number of benzene rings is 1. The molecule has 0 spiro atoms. The highest BCUT2D eigenvalue weighted by atomic mass is 16.4. The Balaban J connectivity index is 1.75. The van der Waals surface area contributed by atoms with E-state index in [1.807, 2.05) is 41.1 Å². The van der Waals surface area contributed by atoms with Crippen LogP contribution in [0.4, 0.5) is 0 Å². The SMILES string of the molecule is O=C(O)CCN1CCCn2nc(C(O)c3ccccc3)cc2C1. The number of carboxylic acids is 1. The van der Waals surface area contributed by atoms with Gasteiger partial charge in [-0.3, -0.25) is 14.4 Å². The van der Waals surface area contributed by atoms with Crippen LogP contribution >= 0.6 is 0 Å². The minimum Gasteiger partial charge on any atom is -0.481 e. The van der Waals surface area contributed by atoms with Crippen LogP contribution in [0.1, 0.15) is 35.9 Å². The number of hydrogen-bond acceptors (Lipinski definition) is 4. The van der Waals surface area contributed by atoms with Crippen molar-refractivity contribution < 1.29 is 15.0 Å². The van der Waals surface area contributed by atoms with Crippen molar-refractivity contribution in [2.75, 3.05) is 13.1 Å². The molecule has 122 valence electrons. The molecule has 0 radical (unpaired) electrons. The van der Waals surface area contributed by atoms with E-state index in [0.717, 1.165) is 30.8 Å². The van der Waals surface area contributed by atoms with Gasteiger partial charge < -0.3 is 10.2 Å². The molecule has 1 aliphatic heterocycles. The first-order chi connectivity index (χ1) is 11.1. The summed E-state index contributed by atoms with van der Waals surface area (Å²) in [5.41, 5.74) is 2.49. The van der Waals surface area contributed by atoms with E-state index in [1.54, 1.807) is 0 Å². The predicted octanol–water partition coefficient (Wildman–Crippen LogP) is 1.65. The molecule has 1 aliphatic rings. The molecule has 2 N–H and O–H groups in total. The van der Waals surface area contributed by atoms with Gasteiger partial charge in [-0.1, -0.05) is 30.3 Å². The molecule has 0 aliphatic carbocycles. The molecule has 6 heteroatoms. The van der Waals surface area contributed by atoms with Crippen LogP contribution in [-0.2, 0) is 17.9 Å². The van der Waals surface area contributed by atoms with Crippen LogP contribution in [0, 0.1) is 0 Å². The monoisotopic (exact) mass is 315 g/mol. The zero-order chi connectivity index (χ0) is 16.2. The van der Waals surface area contributed by atoms with Crippen LogP contribution in [0.25, 0.3) is 0 Å². The first-order valence-corrected chi connectivity index (χ1v) is 7.87. The number of aliphatic hydroxyl groups is 1. The number of carbonyl (C=O) groups is 1. The van der Waals surface area contributed by atoms with Gasteiger partial charge in [0.2, 0.25) is 0 Å². The Morgan fingerprint density at radius 2 is 2.04 bits per heavy atom. The lowest BCUT2D eigenvalue weighted by Gasteiger charge is -2.17. The van der Waals surface area contributed by atoms with Gasteiger partial charge in [0.05, 0.1) is 17.8 Å². The van der Waals surface area contributed by atoms with Crippen molar-refractivity contribution in [3.05, 3.63) is 53.3 Å².